The van der Waals surface area contributed by atoms with Gasteiger partial charge in [0, 0.05) is 19.0 Å². The van der Waals surface area contributed by atoms with Gasteiger partial charge in [-0.3, -0.25) is 0 Å². The van der Waals surface area contributed by atoms with Gasteiger partial charge in [0.1, 0.15) is 0 Å². The Bertz CT molecular complexity index is 1110. The Labute approximate surface area is 188 Å². The Balaban J connectivity index is 1.69. The monoisotopic (exact) mass is 434 g/mol. The molecule has 2 aromatic heterocycles. The molecule has 1 saturated heterocycles. The van der Waals surface area contributed by atoms with E-state index in [4.69, 9.17) is 14.8 Å². The van der Waals surface area contributed by atoms with Gasteiger partial charge in [0.15, 0.2) is 11.3 Å². The molecule has 7 heteroatoms. The van der Waals surface area contributed by atoms with Crippen LogP contribution < -0.4 is 4.90 Å². The summed E-state index contributed by atoms with van der Waals surface area (Å²) >= 11 is 0. The average Bonchev–Trinajstić information content (AvgIpc) is 3.16. The number of carbonyl (C=O) groups excluding carboxylic acids is 1. The molecule has 32 heavy (non-hydrogen) atoms. The highest BCUT2D eigenvalue weighted by Gasteiger charge is 2.32. The van der Waals surface area contributed by atoms with Crippen LogP contribution in [0.3, 0.4) is 0 Å². The van der Waals surface area contributed by atoms with Crippen LogP contribution in [0.2, 0.25) is 0 Å². The number of methoxy groups -OCH3 is 1. The molecule has 1 N–H and O–H groups in total. The normalized spacial score (nSPS) is 18.5. The number of rotatable bonds is 5. The van der Waals surface area contributed by atoms with Crippen molar-refractivity contribution in [2.24, 2.45) is 5.92 Å². The van der Waals surface area contributed by atoms with E-state index in [1.54, 1.807) is 0 Å². The van der Waals surface area contributed by atoms with Crippen molar-refractivity contribution in [2.45, 2.75) is 51.0 Å². The first-order valence-corrected chi connectivity index (χ1v) is 11.6. The molecular formula is C25H30N4O3. The number of para-hydroxylation sites is 1. The van der Waals surface area contributed by atoms with E-state index in [2.05, 4.69) is 4.90 Å². The molecule has 168 valence electrons. The summed E-state index contributed by atoms with van der Waals surface area (Å²) in [5, 5.41) is 16.1. The summed E-state index contributed by atoms with van der Waals surface area (Å²) in [6.45, 7) is 3.53. The third-order valence-corrected chi connectivity index (χ3v) is 7.09. The number of aromatic nitrogens is 3. The minimum atomic E-state index is -0.446. The standard InChI is InChI=1S/C25H30N4O3/c1-16(30)17-11-13-28(14-12-17)21-15-20(25(31)32-2)26-24-22(21)23(18-7-6-8-18)27-29(24)19-9-4-3-5-10-19/h3-5,9-10,15-18,30H,6-8,11-14H2,1-2H3. The molecule has 3 heterocycles. The molecule has 1 saturated carbocycles. The van der Waals surface area contributed by atoms with E-state index in [0.717, 1.165) is 61.2 Å². The van der Waals surface area contributed by atoms with E-state index in [-0.39, 0.29) is 6.10 Å². The lowest BCUT2D eigenvalue weighted by Gasteiger charge is -2.35. The second-order valence-corrected chi connectivity index (χ2v) is 9.04. The Morgan fingerprint density at radius 3 is 2.47 bits per heavy atom. The van der Waals surface area contributed by atoms with Crippen LogP contribution in [-0.4, -0.2) is 52.1 Å². The lowest BCUT2D eigenvalue weighted by Crippen LogP contribution is -2.37. The molecule has 0 bridgehead atoms. The lowest BCUT2D eigenvalue weighted by molar-refractivity contribution is 0.0594. The fraction of sp³-hybridized carbons (Fsp3) is 0.480. The van der Waals surface area contributed by atoms with Crippen molar-refractivity contribution in [1.82, 2.24) is 14.8 Å². The molecule has 7 nitrogen and oxygen atoms in total. The average molecular weight is 435 g/mol. The van der Waals surface area contributed by atoms with E-state index >= 15 is 0 Å². The molecule has 0 amide bonds. The third-order valence-electron chi connectivity index (χ3n) is 7.09. The number of hydrogen-bond acceptors (Lipinski definition) is 6. The highest BCUT2D eigenvalue weighted by atomic mass is 16.5. The smallest absolute Gasteiger partial charge is 0.356 e. The van der Waals surface area contributed by atoms with Gasteiger partial charge in [0.2, 0.25) is 0 Å². The highest BCUT2D eigenvalue weighted by Crippen LogP contribution is 2.43. The van der Waals surface area contributed by atoms with Gasteiger partial charge in [-0.1, -0.05) is 24.6 Å². The van der Waals surface area contributed by atoms with Gasteiger partial charge in [-0.05, 0) is 56.7 Å². The Morgan fingerprint density at radius 2 is 1.88 bits per heavy atom. The summed E-state index contributed by atoms with van der Waals surface area (Å²) in [7, 11) is 1.39. The summed E-state index contributed by atoms with van der Waals surface area (Å²) < 4.78 is 6.90. The molecule has 1 aromatic carbocycles. The van der Waals surface area contributed by atoms with Gasteiger partial charge in [0.25, 0.3) is 0 Å². The third kappa shape index (κ3) is 3.64. The quantitative estimate of drug-likeness (QED) is 0.610. The zero-order chi connectivity index (χ0) is 22.2. The van der Waals surface area contributed by atoms with E-state index in [1.807, 2.05) is 48.0 Å². The molecule has 1 atom stereocenters. The summed E-state index contributed by atoms with van der Waals surface area (Å²) in [6.07, 6.45) is 5.01. The van der Waals surface area contributed by atoms with Crippen LogP contribution in [-0.2, 0) is 4.74 Å². The first-order valence-electron chi connectivity index (χ1n) is 11.6. The summed E-state index contributed by atoms with van der Waals surface area (Å²) in [5.41, 5.74) is 4.00. The van der Waals surface area contributed by atoms with E-state index < -0.39 is 5.97 Å². The van der Waals surface area contributed by atoms with Crippen molar-refractivity contribution in [3.05, 3.63) is 47.8 Å². The fourth-order valence-corrected chi connectivity index (χ4v) is 4.92. The minimum absolute atomic E-state index is 0.296. The van der Waals surface area contributed by atoms with Crippen LogP contribution in [0.5, 0.6) is 0 Å². The van der Waals surface area contributed by atoms with Gasteiger partial charge >= 0.3 is 5.97 Å². The van der Waals surface area contributed by atoms with Crippen LogP contribution in [0, 0.1) is 5.92 Å². The number of aliphatic hydroxyl groups is 1. The summed E-state index contributed by atoms with van der Waals surface area (Å²) in [5.74, 6) is 0.279. The number of piperidine rings is 1. The van der Waals surface area contributed by atoms with Crippen molar-refractivity contribution < 1.29 is 14.6 Å². The van der Waals surface area contributed by atoms with Gasteiger partial charge in [-0.15, -0.1) is 0 Å². The fourth-order valence-electron chi connectivity index (χ4n) is 4.92. The molecule has 2 aliphatic rings. The summed E-state index contributed by atoms with van der Waals surface area (Å²) in [4.78, 5) is 19.6. The second kappa shape index (κ2) is 8.54. The van der Waals surface area contributed by atoms with Gasteiger partial charge < -0.3 is 14.7 Å². The maximum absolute atomic E-state index is 12.5. The van der Waals surface area contributed by atoms with E-state index in [9.17, 15) is 9.90 Å². The SMILES string of the molecule is COC(=O)c1cc(N2CCC(C(C)O)CC2)c2c(C3CCC3)nn(-c3ccccc3)c2n1. The molecule has 1 aliphatic heterocycles. The van der Waals surface area contributed by atoms with Crippen molar-refractivity contribution in [2.75, 3.05) is 25.1 Å². The number of anilines is 1. The number of pyridine rings is 1. The topological polar surface area (TPSA) is 80.5 Å². The molecule has 1 aliphatic carbocycles. The summed E-state index contributed by atoms with van der Waals surface area (Å²) in [6, 6.07) is 11.8. The highest BCUT2D eigenvalue weighted by molar-refractivity contribution is 5.99. The molecule has 1 unspecified atom stereocenters. The van der Waals surface area contributed by atoms with E-state index in [1.165, 1.54) is 13.5 Å². The van der Waals surface area contributed by atoms with Crippen molar-refractivity contribution in [1.29, 1.82) is 0 Å². The number of carbonyl (C=O) groups is 1. The molecular weight excluding hydrogens is 404 g/mol. The van der Waals surface area contributed by atoms with Gasteiger partial charge in [-0.2, -0.15) is 5.10 Å². The first kappa shape index (κ1) is 20.9. The second-order valence-electron chi connectivity index (χ2n) is 9.04. The van der Waals surface area contributed by atoms with Crippen LogP contribution in [0.4, 0.5) is 5.69 Å². The maximum atomic E-state index is 12.5. The van der Waals surface area contributed by atoms with Crippen molar-refractivity contribution in [3.8, 4) is 5.69 Å². The van der Waals surface area contributed by atoms with Crippen LogP contribution in [0.15, 0.2) is 36.4 Å². The molecule has 3 aromatic rings. The minimum Gasteiger partial charge on any atom is -0.464 e. The predicted molar refractivity (Wildman–Crippen MR) is 123 cm³/mol. The van der Waals surface area contributed by atoms with Crippen LogP contribution in [0.1, 0.15) is 61.1 Å². The number of esters is 1. The predicted octanol–water partition coefficient (Wildman–Crippen LogP) is 4.07. The van der Waals surface area contributed by atoms with Gasteiger partial charge in [0.05, 0.1) is 35.7 Å². The van der Waals surface area contributed by atoms with Gasteiger partial charge in [-0.25, -0.2) is 14.5 Å². The van der Waals surface area contributed by atoms with Crippen LogP contribution >= 0.6 is 0 Å². The molecule has 5 rings (SSSR count). The zero-order valence-electron chi connectivity index (χ0n) is 18.7. The Hall–Kier alpha value is -2.93. The number of benzene rings is 1. The first-order chi connectivity index (χ1) is 15.6. The zero-order valence-corrected chi connectivity index (χ0v) is 18.7. The maximum Gasteiger partial charge on any atom is 0.356 e. The molecule has 0 spiro atoms. The van der Waals surface area contributed by atoms with Crippen molar-refractivity contribution in [3.63, 3.8) is 0 Å². The molecule has 2 fully saturated rings. The molecule has 0 radical (unpaired) electrons. The number of ether oxygens (including phenoxy) is 1. The van der Waals surface area contributed by atoms with E-state index in [0.29, 0.717) is 23.2 Å². The number of fused-ring (bicyclic) bond motifs is 1. The number of aliphatic hydroxyl groups excluding tert-OH is 1. The van der Waals surface area contributed by atoms with Crippen molar-refractivity contribution >= 4 is 22.7 Å². The van der Waals surface area contributed by atoms with Crippen LogP contribution in [0.25, 0.3) is 16.7 Å². The lowest BCUT2D eigenvalue weighted by atomic mass is 9.81. The number of nitrogens with zero attached hydrogens (tertiary/aromatic N) is 4. The largest absolute Gasteiger partial charge is 0.464 e. The Morgan fingerprint density at radius 1 is 1.16 bits per heavy atom. The number of hydrogen-bond donors (Lipinski definition) is 1. The Kier molecular flexibility index (Phi) is 5.59.